The lowest BCUT2D eigenvalue weighted by Crippen LogP contribution is -2.26. The molecule has 2 heterocycles. The number of esters is 1. The van der Waals surface area contributed by atoms with Crippen LogP contribution in [0.3, 0.4) is 0 Å². The summed E-state index contributed by atoms with van der Waals surface area (Å²) in [6.07, 6.45) is 1.13. The van der Waals surface area contributed by atoms with E-state index in [1.807, 2.05) is 6.92 Å². The number of ether oxygens (including phenoxy) is 2. The standard InChI is InChI=1S/C18H22N2O4/c1-10(2)12-9-20(17(22)24-18(4,5)6)13-8-11(3)14(16(21)23-7)19-15(12)13/h8-9H,1H2,2-7H3. The number of hydrogen-bond acceptors (Lipinski definition) is 5. The summed E-state index contributed by atoms with van der Waals surface area (Å²) >= 11 is 0. The van der Waals surface area contributed by atoms with Crippen LogP contribution in [0, 0.1) is 6.92 Å². The van der Waals surface area contributed by atoms with E-state index < -0.39 is 17.7 Å². The average molecular weight is 330 g/mol. The first-order chi connectivity index (χ1) is 11.0. The predicted octanol–water partition coefficient (Wildman–Crippen LogP) is 3.95. The van der Waals surface area contributed by atoms with Gasteiger partial charge in [0, 0.05) is 11.8 Å². The van der Waals surface area contributed by atoms with Crippen LogP contribution in [-0.2, 0) is 9.47 Å². The maximum atomic E-state index is 12.5. The van der Waals surface area contributed by atoms with E-state index in [0.29, 0.717) is 22.2 Å². The molecule has 128 valence electrons. The smallest absolute Gasteiger partial charge is 0.419 e. The first-order valence-electron chi connectivity index (χ1n) is 7.55. The minimum Gasteiger partial charge on any atom is -0.464 e. The number of carbonyl (C=O) groups excluding carboxylic acids is 2. The molecule has 0 aromatic carbocycles. The second-order valence-electron chi connectivity index (χ2n) is 6.69. The van der Waals surface area contributed by atoms with E-state index in [1.165, 1.54) is 11.7 Å². The third-order valence-corrected chi connectivity index (χ3v) is 3.39. The van der Waals surface area contributed by atoms with Gasteiger partial charge >= 0.3 is 12.1 Å². The molecule has 0 saturated carbocycles. The van der Waals surface area contributed by atoms with Crippen molar-refractivity contribution in [1.29, 1.82) is 0 Å². The molecule has 2 rings (SSSR count). The van der Waals surface area contributed by atoms with E-state index in [1.54, 1.807) is 40.0 Å². The Hall–Kier alpha value is -2.63. The Morgan fingerprint density at radius 2 is 1.92 bits per heavy atom. The summed E-state index contributed by atoms with van der Waals surface area (Å²) in [5.74, 6) is -0.521. The molecule has 0 aliphatic rings. The molecule has 6 heteroatoms. The molecule has 0 aliphatic heterocycles. The third-order valence-electron chi connectivity index (χ3n) is 3.39. The number of rotatable bonds is 2. The highest BCUT2D eigenvalue weighted by Crippen LogP contribution is 2.28. The fourth-order valence-electron chi connectivity index (χ4n) is 2.32. The molecular weight excluding hydrogens is 308 g/mol. The van der Waals surface area contributed by atoms with Crippen LogP contribution in [0.1, 0.15) is 49.3 Å². The maximum absolute atomic E-state index is 12.5. The van der Waals surface area contributed by atoms with E-state index in [0.717, 1.165) is 5.57 Å². The van der Waals surface area contributed by atoms with Gasteiger partial charge in [-0.2, -0.15) is 0 Å². The van der Waals surface area contributed by atoms with Gasteiger partial charge in [0.05, 0.1) is 18.1 Å². The van der Waals surface area contributed by atoms with Gasteiger partial charge in [-0.15, -0.1) is 0 Å². The summed E-state index contributed by atoms with van der Waals surface area (Å²) in [7, 11) is 1.30. The van der Waals surface area contributed by atoms with Crippen molar-refractivity contribution in [3.63, 3.8) is 0 Å². The zero-order valence-electron chi connectivity index (χ0n) is 14.9. The molecule has 0 fully saturated rings. The van der Waals surface area contributed by atoms with Crippen LogP contribution >= 0.6 is 0 Å². The summed E-state index contributed by atoms with van der Waals surface area (Å²) in [4.78, 5) is 28.8. The van der Waals surface area contributed by atoms with Crippen molar-refractivity contribution in [2.45, 2.75) is 40.2 Å². The Bertz CT molecular complexity index is 841. The molecule has 0 amide bonds. The fraction of sp³-hybridized carbons (Fsp3) is 0.389. The normalized spacial score (nSPS) is 11.4. The number of carbonyl (C=O) groups is 2. The van der Waals surface area contributed by atoms with Crippen molar-refractivity contribution in [3.8, 4) is 0 Å². The van der Waals surface area contributed by atoms with Gasteiger partial charge in [0.1, 0.15) is 5.60 Å². The van der Waals surface area contributed by atoms with E-state index in [4.69, 9.17) is 9.47 Å². The number of allylic oxidation sites excluding steroid dienone is 1. The summed E-state index contributed by atoms with van der Waals surface area (Å²) in [6.45, 7) is 12.9. The van der Waals surface area contributed by atoms with Crippen LogP contribution in [-0.4, -0.2) is 34.3 Å². The van der Waals surface area contributed by atoms with Gasteiger partial charge in [0.2, 0.25) is 0 Å². The Kier molecular flexibility index (Phi) is 4.51. The van der Waals surface area contributed by atoms with E-state index in [9.17, 15) is 9.59 Å². The number of pyridine rings is 1. The molecular formula is C18H22N2O4. The number of methoxy groups -OCH3 is 1. The summed E-state index contributed by atoms with van der Waals surface area (Å²) in [6, 6.07) is 1.73. The highest BCUT2D eigenvalue weighted by atomic mass is 16.6. The zero-order valence-corrected chi connectivity index (χ0v) is 14.9. The molecule has 24 heavy (non-hydrogen) atoms. The minimum atomic E-state index is -0.620. The SMILES string of the molecule is C=C(C)c1cn(C(=O)OC(C)(C)C)c2cc(C)c(C(=O)OC)nc12. The Morgan fingerprint density at radius 3 is 2.42 bits per heavy atom. The molecule has 0 aliphatic carbocycles. The van der Waals surface area contributed by atoms with Gasteiger partial charge in [0.15, 0.2) is 5.69 Å². The van der Waals surface area contributed by atoms with Gasteiger partial charge in [0.25, 0.3) is 0 Å². The lowest BCUT2D eigenvalue weighted by atomic mass is 10.1. The Balaban J connectivity index is 2.71. The quantitative estimate of drug-likeness (QED) is 0.780. The predicted molar refractivity (Wildman–Crippen MR) is 92.1 cm³/mol. The summed E-state index contributed by atoms with van der Waals surface area (Å²) in [5, 5.41) is 0. The van der Waals surface area contributed by atoms with Gasteiger partial charge in [-0.25, -0.2) is 14.6 Å². The highest BCUT2D eigenvalue weighted by Gasteiger charge is 2.23. The molecule has 0 bridgehead atoms. The first kappa shape index (κ1) is 17.7. The minimum absolute atomic E-state index is 0.217. The number of hydrogen-bond donors (Lipinski definition) is 0. The van der Waals surface area contributed by atoms with Gasteiger partial charge in [-0.3, -0.25) is 4.57 Å². The van der Waals surface area contributed by atoms with E-state index >= 15 is 0 Å². The maximum Gasteiger partial charge on any atom is 0.419 e. The van der Waals surface area contributed by atoms with E-state index in [-0.39, 0.29) is 5.69 Å². The number of aromatic nitrogens is 2. The molecule has 0 atom stereocenters. The van der Waals surface area contributed by atoms with Crippen molar-refractivity contribution < 1.29 is 19.1 Å². The van der Waals surface area contributed by atoms with Crippen molar-refractivity contribution in [2.75, 3.05) is 7.11 Å². The van der Waals surface area contributed by atoms with Crippen molar-refractivity contribution >= 4 is 28.7 Å². The lowest BCUT2D eigenvalue weighted by molar-refractivity contribution is 0.0543. The number of aryl methyl sites for hydroxylation is 1. The van der Waals surface area contributed by atoms with Gasteiger partial charge < -0.3 is 9.47 Å². The second-order valence-corrected chi connectivity index (χ2v) is 6.69. The molecule has 0 N–H and O–H groups in total. The second kappa shape index (κ2) is 6.11. The summed E-state index contributed by atoms with van der Waals surface area (Å²) in [5.41, 5.74) is 2.70. The van der Waals surface area contributed by atoms with Crippen molar-refractivity contribution in [2.24, 2.45) is 0 Å². The Labute approximate surface area is 141 Å². The number of nitrogens with zero attached hydrogens (tertiary/aromatic N) is 2. The van der Waals surface area contributed by atoms with Crippen LogP contribution in [0.4, 0.5) is 4.79 Å². The van der Waals surface area contributed by atoms with Crippen molar-refractivity contribution in [3.05, 3.63) is 35.7 Å². The largest absolute Gasteiger partial charge is 0.464 e. The van der Waals surface area contributed by atoms with Gasteiger partial charge in [-0.1, -0.05) is 6.58 Å². The Morgan fingerprint density at radius 1 is 1.29 bits per heavy atom. The molecule has 2 aromatic heterocycles. The van der Waals surface area contributed by atoms with Crippen LogP contribution in [0.15, 0.2) is 18.8 Å². The van der Waals surface area contributed by atoms with Crippen LogP contribution < -0.4 is 0 Å². The third kappa shape index (κ3) is 3.32. The molecule has 0 saturated heterocycles. The van der Waals surface area contributed by atoms with Crippen molar-refractivity contribution in [1.82, 2.24) is 9.55 Å². The van der Waals surface area contributed by atoms with Gasteiger partial charge in [-0.05, 0) is 51.8 Å². The molecule has 6 nitrogen and oxygen atoms in total. The summed E-state index contributed by atoms with van der Waals surface area (Å²) < 4.78 is 11.6. The first-order valence-corrected chi connectivity index (χ1v) is 7.55. The molecule has 0 spiro atoms. The fourth-order valence-corrected chi connectivity index (χ4v) is 2.32. The van der Waals surface area contributed by atoms with E-state index in [2.05, 4.69) is 11.6 Å². The molecule has 2 aromatic rings. The topological polar surface area (TPSA) is 70.4 Å². The number of fused-ring (bicyclic) bond motifs is 1. The van der Waals surface area contributed by atoms with Crippen LogP contribution in [0.2, 0.25) is 0 Å². The molecule has 0 radical (unpaired) electrons. The highest BCUT2D eigenvalue weighted by molar-refractivity contribution is 5.99. The van der Waals surface area contributed by atoms with Crippen LogP contribution in [0.5, 0.6) is 0 Å². The molecule has 0 unspecified atom stereocenters. The lowest BCUT2D eigenvalue weighted by Gasteiger charge is -2.19. The van der Waals surface area contributed by atoms with Crippen LogP contribution in [0.25, 0.3) is 16.6 Å². The monoisotopic (exact) mass is 330 g/mol. The zero-order chi connectivity index (χ0) is 18.2. The average Bonchev–Trinajstić information content (AvgIpc) is 2.82.